The van der Waals surface area contributed by atoms with Crippen LogP contribution in [0.2, 0.25) is 10.0 Å². The summed E-state index contributed by atoms with van der Waals surface area (Å²) in [6.07, 6.45) is 0.612. The number of nitrogens with zero attached hydrogens (tertiary/aromatic N) is 1. The van der Waals surface area contributed by atoms with Crippen molar-refractivity contribution in [1.82, 2.24) is 15.3 Å². The molecule has 1 atom stereocenters. The van der Waals surface area contributed by atoms with Crippen LogP contribution in [0, 0.1) is 5.82 Å². The summed E-state index contributed by atoms with van der Waals surface area (Å²) in [7, 11) is 0. The van der Waals surface area contributed by atoms with Crippen molar-refractivity contribution < 1.29 is 13.9 Å². The zero-order valence-electron chi connectivity index (χ0n) is 16.6. The van der Waals surface area contributed by atoms with Gasteiger partial charge in [-0.3, -0.25) is 4.79 Å². The summed E-state index contributed by atoms with van der Waals surface area (Å²) in [5.74, 6) is -0.0489. The van der Waals surface area contributed by atoms with E-state index in [0.717, 1.165) is 11.3 Å². The lowest BCUT2D eigenvalue weighted by atomic mass is 10.0. The fraction of sp³-hybridized carbons (Fsp3) is 0.130. The molecule has 0 aliphatic carbocycles. The van der Waals surface area contributed by atoms with Crippen molar-refractivity contribution >= 4 is 51.8 Å². The number of nitrogens with one attached hydrogen (secondary N) is 3. The third-order valence-electron chi connectivity index (χ3n) is 5.24. The summed E-state index contributed by atoms with van der Waals surface area (Å²) < 4.78 is 20.4. The minimum atomic E-state index is -0.655. The highest BCUT2D eigenvalue weighted by Crippen LogP contribution is 2.32. The minimum Gasteiger partial charge on any atom is -0.491 e. The number of carbonyl (C=O) groups is 1. The van der Waals surface area contributed by atoms with Gasteiger partial charge in [0.05, 0.1) is 38.4 Å². The van der Waals surface area contributed by atoms with Crippen LogP contribution in [0.4, 0.5) is 16.0 Å². The number of aromatic nitrogens is 2. The highest BCUT2D eigenvalue weighted by molar-refractivity contribution is 6.39. The van der Waals surface area contributed by atoms with E-state index in [1.165, 1.54) is 12.1 Å². The Balaban J connectivity index is 1.36. The third-order valence-corrected chi connectivity index (χ3v) is 5.87. The van der Waals surface area contributed by atoms with Crippen molar-refractivity contribution in [2.75, 3.05) is 11.9 Å². The van der Waals surface area contributed by atoms with E-state index in [-0.39, 0.29) is 11.6 Å². The molecule has 5 rings (SSSR count). The molecule has 4 aromatic rings. The molecule has 0 spiro atoms. The molecule has 0 saturated carbocycles. The second-order valence-corrected chi connectivity index (χ2v) is 8.26. The summed E-state index contributed by atoms with van der Waals surface area (Å²) in [6, 6.07) is 15.1. The Morgan fingerprint density at radius 2 is 1.91 bits per heavy atom. The summed E-state index contributed by atoms with van der Waals surface area (Å²) >= 11 is 12.4. The van der Waals surface area contributed by atoms with Crippen LogP contribution < -0.4 is 15.4 Å². The number of benzene rings is 3. The Bertz CT molecular complexity index is 1320. The van der Waals surface area contributed by atoms with E-state index in [9.17, 15) is 9.18 Å². The van der Waals surface area contributed by atoms with E-state index in [1.807, 2.05) is 24.3 Å². The molecule has 1 aliphatic rings. The van der Waals surface area contributed by atoms with Gasteiger partial charge in [0.2, 0.25) is 5.95 Å². The van der Waals surface area contributed by atoms with E-state index in [4.69, 9.17) is 27.9 Å². The number of hydrogen-bond acceptors (Lipinski definition) is 4. The molecule has 2 heterocycles. The van der Waals surface area contributed by atoms with Gasteiger partial charge in [-0.1, -0.05) is 47.5 Å². The number of halogens is 3. The summed E-state index contributed by atoms with van der Waals surface area (Å²) in [6.45, 7) is 0.321. The topological polar surface area (TPSA) is 79.0 Å². The molecule has 32 heavy (non-hydrogen) atoms. The van der Waals surface area contributed by atoms with Gasteiger partial charge < -0.3 is 20.4 Å². The van der Waals surface area contributed by atoms with Gasteiger partial charge in [0.25, 0.3) is 5.91 Å². The maximum atomic E-state index is 14.7. The van der Waals surface area contributed by atoms with Crippen molar-refractivity contribution in [3.63, 3.8) is 0 Å². The maximum Gasteiger partial charge on any atom is 0.254 e. The molecular weight excluding hydrogens is 454 g/mol. The van der Waals surface area contributed by atoms with Crippen molar-refractivity contribution in [3.05, 3.63) is 81.6 Å². The number of anilines is 2. The zero-order chi connectivity index (χ0) is 22.2. The number of para-hydroxylation sites is 2. The Kier molecular flexibility index (Phi) is 5.36. The highest BCUT2D eigenvalue weighted by Gasteiger charge is 2.23. The average Bonchev–Trinajstić information content (AvgIpc) is 3.17. The second-order valence-electron chi connectivity index (χ2n) is 7.45. The van der Waals surface area contributed by atoms with E-state index >= 15 is 0 Å². The molecule has 1 unspecified atom stereocenters. The molecule has 1 aromatic heterocycles. The number of ether oxygens (including phenoxy) is 1. The number of carbonyl (C=O) groups excluding carboxylic acids is 1. The van der Waals surface area contributed by atoms with Crippen molar-refractivity contribution in [2.24, 2.45) is 0 Å². The summed E-state index contributed by atoms with van der Waals surface area (Å²) in [5, 5.41) is 6.69. The minimum absolute atomic E-state index is 0.0924. The van der Waals surface area contributed by atoms with Crippen molar-refractivity contribution in [2.45, 2.75) is 12.5 Å². The normalized spacial score (nSPS) is 15.2. The molecule has 162 valence electrons. The first-order valence-electron chi connectivity index (χ1n) is 9.90. The third kappa shape index (κ3) is 3.97. The van der Waals surface area contributed by atoms with Gasteiger partial charge in [-0.25, -0.2) is 9.37 Å². The Morgan fingerprint density at radius 3 is 2.72 bits per heavy atom. The Hall–Kier alpha value is -3.29. The lowest BCUT2D eigenvalue weighted by Crippen LogP contribution is -2.43. The number of H-pyrrole nitrogens is 1. The van der Waals surface area contributed by atoms with Gasteiger partial charge in [-0.05, 0) is 36.2 Å². The van der Waals surface area contributed by atoms with Crippen molar-refractivity contribution in [3.8, 4) is 5.75 Å². The van der Waals surface area contributed by atoms with Gasteiger partial charge in [-0.2, -0.15) is 0 Å². The van der Waals surface area contributed by atoms with Crippen LogP contribution in [0.3, 0.4) is 0 Å². The predicted molar refractivity (Wildman–Crippen MR) is 123 cm³/mol. The molecule has 3 N–H and O–H groups in total. The van der Waals surface area contributed by atoms with E-state index in [2.05, 4.69) is 20.6 Å². The van der Waals surface area contributed by atoms with Gasteiger partial charge >= 0.3 is 0 Å². The maximum absolute atomic E-state index is 14.7. The zero-order valence-corrected chi connectivity index (χ0v) is 18.1. The first-order chi connectivity index (χ1) is 15.5. The number of rotatable bonds is 4. The Labute approximate surface area is 192 Å². The summed E-state index contributed by atoms with van der Waals surface area (Å²) in [5.41, 5.74) is 2.24. The largest absolute Gasteiger partial charge is 0.491 e. The molecule has 0 radical (unpaired) electrons. The lowest BCUT2D eigenvalue weighted by Gasteiger charge is -2.26. The monoisotopic (exact) mass is 470 g/mol. The molecule has 0 saturated heterocycles. The number of imidazole rings is 1. The van der Waals surface area contributed by atoms with Crippen molar-refractivity contribution in [1.29, 1.82) is 0 Å². The fourth-order valence-electron chi connectivity index (χ4n) is 3.68. The van der Waals surface area contributed by atoms with Crippen LogP contribution in [0.5, 0.6) is 5.75 Å². The summed E-state index contributed by atoms with van der Waals surface area (Å²) in [4.78, 5) is 20.1. The first-order valence-corrected chi connectivity index (χ1v) is 10.7. The number of amides is 1. The fourth-order valence-corrected chi connectivity index (χ4v) is 4.18. The number of aromatic amines is 1. The average molecular weight is 471 g/mol. The van der Waals surface area contributed by atoms with Crippen LogP contribution in [0.1, 0.15) is 15.9 Å². The molecular formula is C23H17Cl2FN4O2. The standard InChI is InChI=1S/C23H17Cl2FN4O2/c24-15-5-3-6-16(25)21(15)30-23-28-18-9-14(17(26)10-19(18)29-23)22(31)27-13-8-12-4-1-2-7-20(12)32-11-13/h1-7,9-10,13H,8,11H2,(H,27,31)(H2,28,29,30). The van der Waals surface area contributed by atoms with Crippen LogP contribution in [0.15, 0.2) is 54.6 Å². The molecule has 9 heteroatoms. The molecule has 0 bridgehead atoms. The van der Waals surface area contributed by atoms with Gasteiger partial charge in [0.15, 0.2) is 0 Å². The molecule has 1 aliphatic heterocycles. The number of hydrogen-bond donors (Lipinski definition) is 3. The van der Waals surface area contributed by atoms with Gasteiger partial charge in [0.1, 0.15) is 18.2 Å². The molecule has 6 nitrogen and oxygen atoms in total. The second kappa shape index (κ2) is 8.33. The van der Waals surface area contributed by atoms with Crippen LogP contribution in [-0.4, -0.2) is 28.5 Å². The molecule has 1 amide bonds. The predicted octanol–water partition coefficient (Wildman–Crippen LogP) is 5.49. The first kappa shape index (κ1) is 20.6. The van der Waals surface area contributed by atoms with Gasteiger partial charge in [0, 0.05) is 6.07 Å². The smallest absolute Gasteiger partial charge is 0.254 e. The molecule has 0 fully saturated rings. The van der Waals surface area contributed by atoms with E-state index in [0.29, 0.717) is 45.7 Å². The Morgan fingerprint density at radius 1 is 1.12 bits per heavy atom. The van der Waals surface area contributed by atoms with E-state index in [1.54, 1.807) is 18.2 Å². The SMILES string of the molecule is O=C(NC1COc2ccccc2C1)c1cc2nc(Nc3c(Cl)cccc3Cl)[nH]c2cc1F. The van der Waals surface area contributed by atoms with E-state index < -0.39 is 11.7 Å². The highest BCUT2D eigenvalue weighted by atomic mass is 35.5. The molecule has 3 aromatic carbocycles. The van der Waals surface area contributed by atoms with Gasteiger partial charge in [-0.15, -0.1) is 0 Å². The lowest BCUT2D eigenvalue weighted by molar-refractivity contribution is 0.0911. The number of fused-ring (bicyclic) bond motifs is 2. The van der Waals surface area contributed by atoms with Crippen LogP contribution in [0.25, 0.3) is 11.0 Å². The quantitative estimate of drug-likeness (QED) is 0.368. The van der Waals surface area contributed by atoms with Crippen LogP contribution in [-0.2, 0) is 6.42 Å². The van der Waals surface area contributed by atoms with Crippen LogP contribution >= 0.6 is 23.2 Å².